The van der Waals surface area contributed by atoms with E-state index >= 15 is 0 Å². The zero-order valence-electron chi connectivity index (χ0n) is 14.6. The molecule has 1 unspecified atom stereocenters. The standard InChI is InChI=1S/C16H21N5O4S/c1-10-16(11(2)20-19-10)26(22,23)21-12-5-14(6-13(21)9-24-8-12)25-15-7-17-3-4-18-15/h3-4,7,12-14H,5-6,8-9H2,1-2H3,(H,19,20)/t12-,13+,14?. The van der Waals surface area contributed by atoms with Crippen molar-refractivity contribution in [3.05, 3.63) is 30.0 Å². The predicted molar refractivity (Wildman–Crippen MR) is 91.2 cm³/mol. The average molecular weight is 379 g/mol. The normalized spacial score (nSPS) is 26.6. The van der Waals surface area contributed by atoms with Gasteiger partial charge in [-0.3, -0.25) is 10.1 Å². The number of piperidine rings is 1. The molecule has 2 aromatic rings. The third kappa shape index (κ3) is 2.97. The number of aromatic nitrogens is 4. The molecule has 2 bridgehead atoms. The van der Waals surface area contributed by atoms with Gasteiger partial charge in [-0.05, 0) is 13.8 Å². The molecule has 140 valence electrons. The zero-order chi connectivity index (χ0) is 18.3. The fraction of sp³-hybridized carbons (Fsp3) is 0.562. The van der Waals surface area contributed by atoms with Crippen LogP contribution in [0.4, 0.5) is 0 Å². The topological polar surface area (TPSA) is 110 Å². The van der Waals surface area contributed by atoms with E-state index in [2.05, 4.69) is 20.2 Å². The Hall–Kier alpha value is -2.04. The maximum absolute atomic E-state index is 13.3. The van der Waals surface area contributed by atoms with E-state index in [9.17, 15) is 8.42 Å². The highest BCUT2D eigenvalue weighted by molar-refractivity contribution is 7.89. The van der Waals surface area contributed by atoms with E-state index in [1.54, 1.807) is 36.7 Å². The summed E-state index contributed by atoms with van der Waals surface area (Å²) in [6.07, 6.45) is 5.69. The molecule has 1 N–H and O–H groups in total. The van der Waals surface area contributed by atoms with Crippen LogP contribution in [0.2, 0.25) is 0 Å². The van der Waals surface area contributed by atoms with Crippen molar-refractivity contribution in [2.75, 3.05) is 13.2 Å². The first-order valence-corrected chi connectivity index (χ1v) is 9.96. The van der Waals surface area contributed by atoms with Gasteiger partial charge in [0.1, 0.15) is 11.0 Å². The lowest BCUT2D eigenvalue weighted by Crippen LogP contribution is -2.60. The fourth-order valence-corrected chi connectivity index (χ4v) is 6.01. The minimum absolute atomic E-state index is 0.122. The Kier molecular flexibility index (Phi) is 4.41. The molecule has 0 amide bonds. The Morgan fingerprint density at radius 2 is 1.96 bits per heavy atom. The van der Waals surface area contributed by atoms with Gasteiger partial charge in [0.05, 0.1) is 42.9 Å². The number of ether oxygens (including phenoxy) is 2. The van der Waals surface area contributed by atoms with Gasteiger partial charge in [-0.25, -0.2) is 13.4 Å². The van der Waals surface area contributed by atoms with Crippen LogP contribution in [0, 0.1) is 13.8 Å². The summed E-state index contributed by atoms with van der Waals surface area (Å²) >= 11 is 0. The quantitative estimate of drug-likeness (QED) is 0.837. The first kappa shape index (κ1) is 17.4. The number of sulfonamides is 1. The van der Waals surface area contributed by atoms with Gasteiger partial charge in [-0.15, -0.1) is 0 Å². The molecule has 2 aromatic heterocycles. The highest BCUT2D eigenvalue weighted by atomic mass is 32.2. The molecule has 0 spiro atoms. The van der Waals surface area contributed by atoms with Crippen molar-refractivity contribution in [2.45, 2.75) is 49.8 Å². The SMILES string of the molecule is Cc1n[nH]c(C)c1S(=O)(=O)N1[C@@H]2COC[C@H]1CC(Oc1cnccn1)C2. The molecule has 4 heterocycles. The maximum atomic E-state index is 13.3. The first-order chi connectivity index (χ1) is 12.5. The summed E-state index contributed by atoms with van der Waals surface area (Å²) in [6.45, 7) is 4.13. The van der Waals surface area contributed by atoms with Crippen molar-refractivity contribution in [3.8, 4) is 5.88 Å². The minimum atomic E-state index is -3.66. The van der Waals surface area contributed by atoms with Gasteiger partial charge < -0.3 is 9.47 Å². The van der Waals surface area contributed by atoms with Crippen molar-refractivity contribution in [1.82, 2.24) is 24.5 Å². The maximum Gasteiger partial charge on any atom is 0.247 e. The van der Waals surface area contributed by atoms with Crippen LogP contribution in [-0.2, 0) is 14.8 Å². The molecule has 0 aromatic carbocycles. The molecule has 26 heavy (non-hydrogen) atoms. The average Bonchev–Trinajstić information content (AvgIpc) is 2.94. The van der Waals surface area contributed by atoms with Gasteiger partial charge >= 0.3 is 0 Å². The molecule has 0 radical (unpaired) electrons. The Bertz CT molecular complexity index is 852. The summed E-state index contributed by atoms with van der Waals surface area (Å²) in [6, 6.07) is -0.550. The summed E-state index contributed by atoms with van der Waals surface area (Å²) in [7, 11) is -3.66. The van der Waals surface area contributed by atoms with E-state index in [1.165, 1.54) is 0 Å². The van der Waals surface area contributed by atoms with E-state index in [-0.39, 0.29) is 23.1 Å². The van der Waals surface area contributed by atoms with E-state index in [0.717, 1.165) is 0 Å². The molecular formula is C16H21N5O4S. The number of aromatic amines is 1. The Morgan fingerprint density at radius 3 is 2.54 bits per heavy atom. The van der Waals surface area contributed by atoms with Crippen LogP contribution in [0.1, 0.15) is 24.2 Å². The smallest absolute Gasteiger partial charge is 0.247 e. The number of morpholine rings is 1. The van der Waals surface area contributed by atoms with Crippen molar-refractivity contribution in [1.29, 1.82) is 0 Å². The van der Waals surface area contributed by atoms with Crippen LogP contribution in [-0.4, -0.2) is 64.3 Å². The van der Waals surface area contributed by atoms with E-state index in [0.29, 0.717) is 43.3 Å². The molecule has 0 aliphatic carbocycles. The van der Waals surface area contributed by atoms with Gasteiger partial charge in [0.25, 0.3) is 0 Å². The molecular weight excluding hydrogens is 358 g/mol. The lowest BCUT2D eigenvalue weighted by molar-refractivity contribution is -0.0617. The highest BCUT2D eigenvalue weighted by Crippen LogP contribution is 2.35. The number of fused-ring (bicyclic) bond motifs is 2. The molecule has 0 saturated carbocycles. The first-order valence-electron chi connectivity index (χ1n) is 8.52. The summed E-state index contributed by atoms with van der Waals surface area (Å²) in [5.74, 6) is 0.453. The number of hydrogen-bond donors (Lipinski definition) is 1. The molecule has 10 heteroatoms. The molecule has 2 fully saturated rings. The third-order valence-corrected chi connectivity index (χ3v) is 7.10. The number of aryl methyl sites for hydroxylation is 2. The second-order valence-electron chi connectivity index (χ2n) is 6.70. The summed E-state index contributed by atoms with van der Waals surface area (Å²) < 4.78 is 39.8. The van der Waals surface area contributed by atoms with E-state index in [1.807, 2.05) is 0 Å². The zero-order valence-corrected chi connectivity index (χ0v) is 15.4. The molecule has 9 nitrogen and oxygen atoms in total. The summed E-state index contributed by atoms with van der Waals surface area (Å²) in [5, 5.41) is 6.80. The number of nitrogens with one attached hydrogen (secondary N) is 1. The number of H-pyrrole nitrogens is 1. The van der Waals surface area contributed by atoms with Crippen LogP contribution in [0.5, 0.6) is 5.88 Å². The lowest BCUT2D eigenvalue weighted by Gasteiger charge is -2.46. The fourth-order valence-electron chi connectivity index (χ4n) is 3.86. The monoisotopic (exact) mass is 379 g/mol. The molecule has 2 aliphatic heterocycles. The molecule has 2 saturated heterocycles. The van der Waals surface area contributed by atoms with Crippen LogP contribution in [0.15, 0.2) is 23.5 Å². The predicted octanol–water partition coefficient (Wildman–Crippen LogP) is 0.816. The number of rotatable bonds is 4. The Labute approximate surface area is 151 Å². The summed E-state index contributed by atoms with van der Waals surface area (Å²) in [5.41, 5.74) is 1.04. The lowest BCUT2D eigenvalue weighted by atomic mass is 9.94. The van der Waals surface area contributed by atoms with Crippen LogP contribution >= 0.6 is 0 Å². The summed E-state index contributed by atoms with van der Waals surface area (Å²) in [4.78, 5) is 8.41. The van der Waals surface area contributed by atoms with Crippen molar-refractivity contribution >= 4 is 10.0 Å². The van der Waals surface area contributed by atoms with Gasteiger partial charge in [0.15, 0.2) is 0 Å². The second-order valence-corrected chi connectivity index (χ2v) is 8.48. The van der Waals surface area contributed by atoms with Crippen LogP contribution in [0.3, 0.4) is 0 Å². The van der Waals surface area contributed by atoms with Crippen molar-refractivity contribution < 1.29 is 17.9 Å². The molecule has 2 aliphatic rings. The third-order valence-electron chi connectivity index (χ3n) is 4.83. The molecule has 3 atom stereocenters. The van der Waals surface area contributed by atoms with E-state index in [4.69, 9.17) is 9.47 Å². The van der Waals surface area contributed by atoms with Gasteiger partial charge in [0, 0.05) is 25.2 Å². The number of nitrogens with zero attached hydrogens (tertiary/aromatic N) is 4. The largest absolute Gasteiger partial charge is 0.473 e. The minimum Gasteiger partial charge on any atom is -0.473 e. The number of hydrogen-bond acceptors (Lipinski definition) is 7. The Balaban J connectivity index is 1.60. The van der Waals surface area contributed by atoms with Crippen LogP contribution < -0.4 is 4.74 Å². The van der Waals surface area contributed by atoms with E-state index < -0.39 is 10.0 Å². The van der Waals surface area contributed by atoms with Gasteiger partial charge in [-0.1, -0.05) is 0 Å². The molecule has 4 rings (SSSR count). The van der Waals surface area contributed by atoms with Gasteiger partial charge in [-0.2, -0.15) is 9.40 Å². The second kappa shape index (κ2) is 6.60. The van der Waals surface area contributed by atoms with Gasteiger partial charge in [0.2, 0.25) is 15.9 Å². The van der Waals surface area contributed by atoms with Crippen molar-refractivity contribution in [2.24, 2.45) is 0 Å². The Morgan fingerprint density at radius 1 is 1.23 bits per heavy atom. The highest BCUT2D eigenvalue weighted by Gasteiger charge is 2.47. The van der Waals surface area contributed by atoms with Crippen LogP contribution in [0.25, 0.3) is 0 Å². The van der Waals surface area contributed by atoms with Crippen molar-refractivity contribution in [3.63, 3.8) is 0 Å².